The zero-order valence-electron chi connectivity index (χ0n) is 20.9. The van der Waals surface area contributed by atoms with Crippen molar-refractivity contribution >= 4 is 42.9 Å². The van der Waals surface area contributed by atoms with Crippen LogP contribution in [-0.2, 0) is 34.8 Å². The average Bonchev–Trinajstić information content (AvgIpc) is 3.49. The molecule has 2 saturated carbocycles. The number of phosphoric acid groups is 1. The van der Waals surface area contributed by atoms with Crippen LogP contribution >= 0.6 is 19.4 Å². The van der Waals surface area contributed by atoms with Crippen LogP contribution in [0.3, 0.4) is 0 Å². The van der Waals surface area contributed by atoms with Gasteiger partial charge in [-0.3, -0.25) is 28.6 Å². The second-order valence-corrected chi connectivity index (χ2v) is 12.5. The first-order chi connectivity index (χ1) is 18.3. The fourth-order valence-corrected chi connectivity index (χ4v) is 7.72. The molecule has 0 bridgehead atoms. The number of nitrogens with zero attached hydrogens (tertiary/aromatic N) is 3. The van der Waals surface area contributed by atoms with Crippen molar-refractivity contribution in [1.29, 1.82) is 0 Å². The number of amides is 3. The number of benzene rings is 1. The van der Waals surface area contributed by atoms with E-state index in [0.29, 0.717) is 12.0 Å². The van der Waals surface area contributed by atoms with Gasteiger partial charge in [-0.15, -0.1) is 0 Å². The quantitative estimate of drug-likeness (QED) is 0.295. The molecular formula is C25H26ClFN3O8P. The van der Waals surface area contributed by atoms with Crippen molar-refractivity contribution in [3.05, 3.63) is 45.9 Å². The first-order valence-corrected chi connectivity index (χ1v) is 14.6. The van der Waals surface area contributed by atoms with Gasteiger partial charge in [0.1, 0.15) is 23.1 Å². The summed E-state index contributed by atoms with van der Waals surface area (Å²) in [5.74, 6) is -4.83. The minimum Gasteiger partial charge on any atom is -0.337 e. The van der Waals surface area contributed by atoms with Gasteiger partial charge in [-0.25, -0.2) is 8.96 Å². The second-order valence-electron chi connectivity index (χ2n) is 10.9. The molecule has 3 aliphatic heterocycles. The average molecular weight is 582 g/mol. The molecule has 1 aromatic carbocycles. The Labute approximate surface area is 227 Å². The van der Waals surface area contributed by atoms with Gasteiger partial charge >= 0.3 is 7.82 Å². The molecule has 14 heteroatoms. The highest BCUT2D eigenvalue weighted by molar-refractivity contribution is 7.46. The monoisotopic (exact) mass is 581 g/mol. The summed E-state index contributed by atoms with van der Waals surface area (Å²) < 4.78 is 29.8. The number of rotatable bonds is 6. The molecule has 11 nitrogen and oxygen atoms in total. The maximum Gasteiger partial charge on any atom is 0.469 e. The number of likely N-dealkylation sites (tertiary alicyclic amines) is 1. The molecule has 0 radical (unpaired) electrons. The van der Waals surface area contributed by atoms with Crippen molar-refractivity contribution in [3.63, 3.8) is 0 Å². The number of fused-ring (bicyclic) bond motifs is 5. The minimum absolute atomic E-state index is 0.0263. The van der Waals surface area contributed by atoms with Crippen LogP contribution in [0, 0.1) is 23.6 Å². The van der Waals surface area contributed by atoms with E-state index in [2.05, 4.69) is 0 Å². The summed E-state index contributed by atoms with van der Waals surface area (Å²) in [4.78, 5) is 77.3. The molecule has 1 aromatic rings. The third-order valence-corrected chi connectivity index (χ3v) is 9.50. The zero-order chi connectivity index (χ0) is 28.0. The molecule has 208 valence electrons. The van der Waals surface area contributed by atoms with E-state index < -0.39 is 54.8 Å². The van der Waals surface area contributed by atoms with Crippen molar-refractivity contribution < 1.29 is 42.4 Å². The van der Waals surface area contributed by atoms with Gasteiger partial charge in [0, 0.05) is 25.6 Å². The van der Waals surface area contributed by atoms with Crippen LogP contribution in [0.15, 0.2) is 29.5 Å². The number of carbonyl (C=O) groups excluding carboxylic acids is 4. The van der Waals surface area contributed by atoms with Crippen LogP contribution in [0.1, 0.15) is 38.2 Å². The lowest BCUT2D eigenvalue weighted by Gasteiger charge is -2.45. The Balaban J connectivity index is 1.36. The fraction of sp³-hybridized carbons (Fsp3) is 0.520. The second kappa shape index (κ2) is 8.94. The van der Waals surface area contributed by atoms with E-state index in [1.54, 1.807) is 0 Å². The number of hydrogen-bond donors (Lipinski definition) is 2. The number of carbonyl (C=O) groups is 4. The Hall–Kier alpha value is -2.63. The molecule has 1 spiro atoms. The predicted molar refractivity (Wildman–Crippen MR) is 132 cm³/mol. The maximum atomic E-state index is 14.0. The fourth-order valence-electron chi connectivity index (χ4n) is 6.98. The summed E-state index contributed by atoms with van der Waals surface area (Å²) in [6.07, 6.45) is 1.04. The van der Waals surface area contributed by atoms with E-state index in [9.17, 15) is 37.9 Å². The SMILES string of the molecule is C[C@H](CN1C(=O)C2=C3CCN(Cc4ccc(F)c(Cl)c4)C(=O)C3C(=O)C(=O)N2[C@@]12CC[C@H]1C[C@H]12)OP(=O)(O)O. The molecule has 0 aromatic heterocycles. The van der Waals surface area contributed by atoms with Gasteiger partial charge in [-0.1, -0.05) is 17.7 Å². The molecule has 39 heavy (non-hydrogen) atoms. The Morgan fingerprint density at radius 2 is 1.97 bits per heavy atom. The highest BCUT2D eigenvalue weighted by Crippen LogP contribution is 2.65. The van der Waals surface area contributed by atoms with E-state index >= 15 is 0 Å². The number of Topliss-reactive ketones (excluding diaryl/α,β-unsaturated/α-hetero) is 1. The smallest absolute Gasteiger partial charge is 0.337 e. The number of hydrogen-bond acceptors (Lipinski definition) is 6. The number of halogens is 2. The Bertz CT molecular complexity index is 1410. The van der Waals surface area contributed by atoms with Crippen LogP contribution in [-0.4, -0.2) is 72.8 Å². The summed E-state index contributed by atoms with van der Waals surface area (Å²) in [6.45, 7) is 1.45. The Morgan fingerprint density at radius 1 is 1.23 bits per heavy atom. The van der Waals surface area contributed by atoms with Crippen LogP contribution in [0.2, 0.25) is 5.02 Å². The largest absolute Gasteiger partial charge is 0.469 e. The molecule has 2 saturated heterocycles. The number of piperidine rings is 1. The first-order valence-electron chi connectivity index (χ1n) is 12.7. The van der Waals surface area contributed by atoms with Crippen molar-refractivity contribution in [2.75, 3.05) is 13.1 Å². The molecule has 5 aliphatic rings. The third-order valence-electron chi connectivity index (χ3n) is 8.58. The van der Waals surface area contributed by atoms with Crippen LogP contribution in [0.5, 0.6) is 0 Å². The van der Waals surface area contributed by atoms with E-state index in [0.717, 1.165) is 12.8 Å². The lowest BCUT2D eigenvalue weighted by atomic mass is 9.81. The van der Waals surface area contributed by atoms with E-state index in [4.69, 9.17) is 16.1 Å². The molecule has 3 heterocycles. The maximum absolute atomic E-state index is 14.0. The van der Waals surface area contributed by atoms with Crippen molar-refractivity contribution in [2.24, 2.45) is 17.8 Å². The molecule has 2 aliphatic carbocycles. The molecule has 4 fully saturated rings. The molecule has 2 N–H and O–H groups in total. The van der Waals surface area contributed by atoms with Gasteiger partial charge in [0.15, 0.2) is 0 Å². The summed E-state index contributed by atoms with van der Waals surface area (Å²) in [5.41, 5.74) is -0.260. The van der Waals surface area contributed by atoms with Crippen LogP contribution in [0.25, 0.3) is 0 Å². The van der Waals surface area contributed by atoms with Crippen LogP contribution < -0.4 is 0 Å². The summed E-state index contributed by atoms with van der Waals surface area (Å²) >= 11 is 5.87. The molecular weight excluding hydrogens is 556 g/mol. The highest BCUT2D eigenvalue weighted by Gasteiger charge is 2.72. The third kappa shape index (κ3) is 4.07. The summed E-state index contributed by atoms with van der Waals surface area (Å²) in [6, 6.07) is 4.05. The minimum atomic E-state index is -4.84. The van der Waals surface area contributed by atoms with E-state index in [-0.39, 0.29) is 54.2 Å². The first kappa shape index (κ1) is 26.6. The van der Waals surface area contributed by atoms with Crippen molar-refractivity contribution in [3.8, 4) is 0 Å². The van der Waals surface area contributed by atoms with Gasteiger partial charge in [-0.05, 0) is 61.8 Å². The summed E-state index contributed by atoms with van der Waals surface area (Å²) in [5, 5.41) is -0.104. The topological polar surface area (TPSA) is 145 Å². The van der Waals surface area contributed by atoms with Gasteiger partial charge in [-0.2, -0.15) is 0 Å². The van der Waals surface area contributed by atoms with E-state index in [1.807, 2.05) is 0 Å². The summed E-state index contributed by atoms with van der Waals surface area (Å²) in [7, 11) is -4.84. The molecule has 3 amide bonds. The zero-order valence-corrected chi connectivity index (χ0v) is 22.5. The lowest BCUT2D eigenvalue weighted by Crippen LogP contribution is -2.61. The van der Waals surface area contributed by atoms with Crippen molar-refractivity contribution in [2.45, 2.75) is 50.9 Å². The van der Waals surface area contributed by atoms with Crippen LogP contribution in [0.4, 0.5) is 4.39 Å². The van der Waals surface area contributed by atoms with Crippen molar-refractivity contribution in [1.82, 2.24) is 14.7 Å². The normalized spacial score (nSPS) is 30.8. The predicted octanol–water partition coefficient (Wildman–Crippen LogP) is 1.96. The molecule has 6 rings (SSSR count). The van der Waals surface area contributed by atoms with Gasteiger partial charge in [0.05, 0.1) is 11.1 Å². The highest BCUT2D eigenvalue weighted by atomic mass is 35.5. The van der Waals surface area contributed by atoms with Gasteiger partial charge in [0.25, 0.3) is 11.8 Å². The standard InChI is InChI=1S/C25H26ClFN3O8P/c1-12(38-39(35,36)37)10-29-23(33)20-15-5-7-28(11-13-2-3-18(27)17(26)8-13)22(32)19(15)21(31)24(34)30(20)25(29)6-4-14-9-16(14)25/h2-3,8,12,14,16,19H,4-7,9-11H2,1H3,(H2,35,36,37)/t12-,14+,16-,19?,25-/m1/s1. The molecule has 5 atom stereocenters. The van der Waals surface area contributed by atoms with Gasteiger partial charge in [0.2, 0.25) is 11.7 Å². The van der Waals surface area contributed by atoms with Gasteiger partial charge < -0.3 is 19.6 Å². The lowest BCUT2D eigenvalue weighted by molar-refractivity contribution is -0.158. The number of phosphoric ester groups is 1. The Morgan fingerprint density at radius 3 is 2.59 bits per heavy atom. The Kier molecular flexibility index (Phi) is 6.09. The number of ketones is 1. The molecule has 1 unspecified atom stereocenters. The van der Waals surface area contributed by atoms with E-state index in [1.165, 1.54) is 39.8 Å².